The minimum atomic E-state index is -0.951. The van der Waals surface area contributed by atoms with Crippen LogP contribution in [0.25, 0.3) is 0 Å². The number of allylic oxidation sites excluding steroid dienone is 2. The normalized spacial score (nSPS) is 15.5. The number of phenolic OH excluding ortho intramolecular Hbond substituents is 2. The Kier molecular flexibility index (Phi) is 6.20. The number of aromatic hydroxyl groups is 2. The van der Waals surface area contributed by atoms with Gasteiger partial charge in [-0.3, -0.25) is 14.4 Å². The van der Waals surface area contributed by atoms with Gasteiger partial charge >= 0.3 is 5.97 Å². The van der Waals surface area contributed by atoms with E-state index in [1.165, 1.54) is 0 Å². The molecule has 1 aromatic rings. The molecular weight excluding hydrogens is 348 g/mol. The van der Waals surface area contributed by atoms with Gasteiger partial charge in [0.1, 0.15) is 17.6 Å². The molecule has 0 saturated carbocycles. The monoisotopic (exact) mass is 372 g/mol. The summed E-state index contributed by atoms with van der Waals surface area (Å²) in [6.07, 6.45) is 2.75. The van der Waals surface area contributed by atoms with Crippen LogP contribution in [0.3, 0.4) is 0 Å². The van der Waals surface area contributed by atoms with E-state index in [0.717, 1.165) is 23.8 Å². The van der Waals surface area contributed by atoms with Crippen molar-refractivity contribution in [3.05, 3.63) is 46.6 Å². The van der Waals surface area contributed by atoms with Crippen LogP contribution in [0.1, 0.15) is 61.3 Å². The molecule has 0 bridgehead atoms. The predicted molar refractivity (Wildman–Crippen MR) is 99.9 cm³/mol. The molecule has 2 atom stereocenters. The standard InChI is InChI=1S/C21H24O6/c1-5-12(4)21(26)27-17(9-6-11(2)3)13-10-16(24)18-14(22)7-8-15(23)19(18)20(13)25/h6-8,10,12,17,22-23H,5,9H2,1-4H3/t12-,17-/m1/s1. The van der Waals surface area contributed by atoms with E-state index in [4.69, 9.17) is 4.74 Å². The lowest BCUT2D eigenvalue weighted by Gasteiger charge is -2.24. The van der Waals surface area contributed by atoms with Crippen LogP contribution >= 0.6 is 0 Å². The van der Waals surface area contributed by atoms with Gasteiger partial charge in [0.05, 0.1) is 17.0 Å². The quantitative estimate of drug-likeness (QED) is 0.448. The summed E-state index contributed by atoms with van der Waals surface area (Å²) in [4.78, 5) is 37.7. The van der Waals surface area contributed by atoms with Gasteiger partial charge in [-0.05, 0) is 38.5 Å². The third-order valence-corrected chi connectivity index (χ3v) is 4.54. The van der Waals surface area contributed by atoms with Crippen molar-refractivity contribution in [2.75, 3.05) is 0 Å². The van der Waals surface area contributed by atoms with Crippen LogP contribution in [0.2, 0.25) is 0 Å². The molecule has 0 aliphatic heterocycles. The van der Waals surface area contributed by atoms with E-state index in [2.05, 4.69) is 0 Å². The van der Waals surface area contributed by atoms with Crippen LogP contribution < -0.4 is 0 Å². The smallest absolute Gasteiger partial charge is 0.309 e. The largest absolute Gasteiger partial charge is 0.507 e. The number of hydrogen-bond donors (Lipinski definition) is 2. The minimum absolute atomic E-state index is 0.0115. The molecule has 0 saturated heterocycles. The fraction of sp³-hybridized carbons (Fsp3) is 0.381. The molecule has 1 aliphatic rings. The van der Waals surface area contributed by atoms with E-state index in [1.54, 1.807) is 6.92 Å². The second kappa shape index (κ2) is 8.20. The van der Waals surface area contributed by atoms with Crippen molar-refractivity contribution in [1.82, 2.24) is 0 Å². The van der Waals surface area contributed by atoms with Crippen LogP contribution in [-0.4, -0.2) is 33.9 Å². The highest BCUT2D eigenvalue weighted by Crippen LogP contribution is 2.36. The number of ketones is 2. The topological polar surface area (TPSA) is 101 Å². The first-order valence-electron chi connectivity index (χ1n) is 8.86. The van der Waals surface area contributed by atoms with Gasteiger partial charge in [-0.1, -0.05) is 25.5 Å². The zero-order valence-electron chi connectivity index (χ0n) is 15.9. The van der Waals surface area contributed by atoms with Gasteiger partial charge in [0, 0.05) is 12.0 Å². The first kappa shape index (κ1) is 20.4. The maximum Gasteiger partial charge on any atom is 0.309 e. The van der Waals surface area contributed by atoms with Crippen molar-refractivity contribution < 1.29 is 29.3 Å². The molecule has 144 valence electrons. The maximum atomic E-state index is 12.9. The Bertz CT molecular complexity index is 842. The molecule has 0 radical (unpaired) electrons. The molecule has 1 aliphatic carbocycles. The highest BCUT2D eigenvalue weighted by Gasteiger charge is 2.36. The summed E-state index contributed by atoms with van der Waals surface area (Å²) in [6, 6.07) is 2.31. The number of carbonyl (C=O) groups excluding carboxylic acids is 3. The number of ether oxygens (including phenoxy) is 1. The third-order valence-electron chi connectivity index (χ3n) is 4.54. The Balaban J connectivity index is 2.48. The average molecular weight is 372 g/mol. The summed E-state index contributed by atoms with van der Waals surface area (Å²) in [5.74, 6) is -2.84. The summed E-state index contributed by atoms with van der Waals surface area (Å²) in [6.45, 7) is 7.31. The van der Waals surface area contributed by atoms with E-state index >= 15 is 0 Å². The minimum Gasteiger partial charge on any atom is -0.507 e. The summed E-state index contributed by atoms with van der Waals surface area (Å²) in [5.41, 5.74) is 0.454. The van der Waals surface area contributed by atoms with Crippen molar-refractivity contribution in [3.63, 3.8) is 0 Å². The Labute approximate surface area is 158 Å². The second-order valence-electron chi connectivity index (χ2n) is 6.90. The molecule has 1 aromatic carbocycles. The number of rotatable bonds is 6. The molecule has 2 rings (SSSR count). The van der Waals surface area contributed by atoms with E-state index in [1.807, 2.05) is 26.8 Å². The van der Waals surface area contributed by atoms with Gasteiger partial charge in [-0.2, -0.15) is 0 Å². The van der Waals surface area contributed by atoms with Gasteiger partial charge < -0.3 is 14.9 Å². The highest BCUT2D eigenvalue weighted by atomic mass is 16.5. The molecule has 6 nitrogen and oxygen atoms in total. The molecule has 0 unspecified atom stereocenters. The van der Waals surface area contributed by atoms with Crippen LogP contribution in [0.5, 0.6) is 11.5 Å². The van der Waals surface area contributed by atoms with Gasteiger partial charge in [0.25, 0.3) is 0 Å². The number of phenols is 2. The molecular formula is C21H24O6. The number of fused-ring (bicyclic) bond motifs is 1. The van der Waals surface area contributed by atoms with E-state index in [9.17, 15) is 24.6 Å². The van der Waals surface area contributed by atoms with Crippen molar-refractivity contribution in [1.29, 1.82) is 0 Å². The lowest BCUT2D eigenvalue weighted by molar-refractivity contribution is -0.151. The van der Waals surface area contributed by atoms with Gasteiger partial charge in [0.15, 0.2) is 11.6 Å². The number of benzene rings is 1. The number of esters is 1. The van der Waals surface area contributed by atoms with Gasteiger partial charge in [0.2, 0.25) is 0 Å². The van der Waals surface area contributed by atoms with E-state index in [-0.39, 0.29) is 34.8 Å². The molecule has 0 fully saturated rings. The first-order valence-corrected chi connectivity index (χ1v) is 8.86. The highest BCUT2D eigenvalue weighted by molar-refractivity contribution is 6.27. The van der Waals surface area contributed by atoms with E-state index in [0.29, 0.717) is 6.42 Å². The van der Waals surface area contributed by atoms with Crippen LogP contribution in [0.15, 0.2) is 35.4 Å². The Morgan fingerprint density at radius 3 is 2.30 bits per heavy atom. The van der Waals surface area contributed by atoms with Crippen molar-refractivity contribution in [3.8, 4) is 11.5 Å². The molecule has 0 amide bonds. The SMILES string of the molecule is CC[C@@H](C)C(=O)O[C@H](CC=C(C)C)C1=CC(=O)c2c(O)ccc(O)c2C1=O. The Morgan fingerprint density at radius 1 is 1.15 bits per heavy atom. The van der Waals surface area contributed by atoms with Crippen LogP contribution in [-0.2, 0) is 9.53 Å². The van der Waals surface area contributed by atoms with E-state index < -0.39 is 29.4 Å². The molecule has 0 aromatic heterocycles. The zero-order valence-corrected chi connectivity index (χ0v) is 15.9. The number of Topliss-reactive ketones (excluding diaryl/α,β-unsaturated/α-hetero) is 1. The van der Waals surface area contributed by atoms with Crippen molar-refractivity contribution in [2.45, 2.75) is 46.6 Å². The Morgan fingerprint density at radius 2 is 1.74 bits per heavy atom. The first-order chi connectivity index (χ1) is 12.7. The average Bonchev–Trinajstić information content (AvgIpc) is 2.62. The predicted octanol–water partition coefficient (Wildman–Crippen LogP) is 3.72. The fourth-order valence-corrected chi connectivity index (χ4v) is 2.73. The Hall–Kier alpha value is -2.89. The molecule has 27 heavy (non-hydrogen) atoms. The van der Waals surface area contributed by atoms with Gasteiger partial charge in [-0.25, -0.2) is 0 Å². The van der Waals surface area contributed by atoms with Crippen molar-refractivity contribution in [2.24, 2.45) is 5.92 Å². The lowest BCUT2D eigenvalue weighted by atomic mass is 9.85. The molecule has 6 heteroatoms. The molecule has 0 spiro atoms. The fourth-order valence-electron chi connectivity index (χ4n) is 2.73. The molecule has 0 heterocycles. The molecule has 2 N–H and O–H groups in total. The van der Waals surface area contributed by atoms with Crippen LogP contribution in [0, 0.1) is 5.92 Å². The van der Waals surface area contributed by atoms with Gasteiger partial charge in [-0.15, -0.1) is 0 Å². The van der Waals surface area contributed by atoms with Crippen LogP contribution in [0.4, 0.5) is 0 Å². The maximum absolute atomic E-state index is 12.9. The number of carbonyl (C=O) groups is 3. The zero-order chi connectivity index (χ0) is 20.3. The summed E-state index contributed by atoms with van der Waals surface area (Å²) < 4.78 is 5.53. The summed E-state index contributed by atoms with van der Waals surface area (Å²) in [5, 5.41) is 20.0. The summed E-state index contributed by atoms with van der Waals surface area (Å²) >= 11 is 0. The summed E-state index contributed by atoms with van der Waals surface area (Å²) in [7, 11) is 0. The third kappa shape index (κ3) is 4.27. The second-order valence-corrected chi connectivity index (χ2v) is 6.90. The number of hydrogen-bond acceptors (Lipinski definition) is 6. The van der Waals surface area contributed by atoms with Crippen molar-refractivity contribution >= 4 is 17.5 Å². The lowest BCUT2D eigenvalue weighted by Crippen LogP contribution is -2.30.